The van der Waals surface area contributed by atoms with E-state index in [2.05, 4.69) is 9.72 Å². The van der Waals surface area contributed by atoms with Crippen molar-refractivity contribution >= 4 is 11.6 Å². The van der Waals surface area contributed by atoms with Crippen LogP contribution in [0.5, 0.6) is 5.88 Å². The predicted molar refractivity (Wildman–Crippen MR) is 54.7 cm³/mol. The van der Waals surface area contributed by atoms with Crippen LogP contribution in [0.3, 0.4) is 0 Å². The molecule has 1 rings (SSSR count). The minimum Gasteiger partial charge on any atom is -0.465 e. The normalized spacial score (nSPS) is 13.6. The van der Waals surface area contributed by atoms with Gasteiger partial charge in [0.1, 0.15) is 0 Å². The van der Waals surface area contributed by atoms with Crippen LogP contribution in [-0.4, -0.2) is 17.3 Å². The van der Waals surface area contributed by atoms with Gasteiger partial charge >= 0.3 is 6.18 Å². The first-order valence-electron chi connectivity index (χ1n) is 4.60. The Balaban J connectivity index is 2.79. The summed E-state index contributed by atoms with van der Waals surface area (Å²) in [7, 11) is 0. The van der Waals surface area contributed by atoms with E-state index < -0.39 is 12.3 Å². The van der Waals surface area contributed by atoms with Gasteiger partial charge in [-0.15, -0.1) is 11.6 Å². The maximum absolute atomic E-state index is 12.2. The predicted octanol–water partition coefficient (Wildman–Crippen LogP) is 3.46. The third-order valence-corrected chi connectivity index (χ3v) is 2.36. The van der Waals surface area contributed by atoms with Crippen LogP contribution < -0.4 is 4.74 Å². The molecule has 0 saturated heterocycles. The van der Waals surface area contributed by atoms with E-state index in [1.165, 1.54) is 6.07 Å². The second-order valence-electron chi connectivity index (χ2n) is 3.33. The first-order chi connectivity index (χ1) is 7.34. The number of halogens is 4. The first kappa shape index (κ1) is 13.1. The third kappa shape index (κ3) is 3.27. The van der Waals surface area contributed by atoms with E-state index >= 15 is 0 Å². The molecule has 0 radical (unpaired) electrons. The summed E-state index contributed by atoms with van der Waals surface area (Å²) in [6.07, 6.45) is -6.26. The van der Waals surface area contributed by atoms with E-state index in [9.17, 15) is 13.2 Å². The van der Waals surface area contributed by atoms with Crippen molar-refractivity contribution in [2.24, 2.45) is 0 Å². The van der Waals surface area contributed by atoms with Gasteiger partial charge in [0.25, 0.3) is 0 Å². The lowest BCUT2D eigenvalue weighted by Gasteiger charge is -2.17. The molecular weight excluding hydrogens is 243 g/mol. The average molecular weight is 254 g/mol. The summed E-state index contributed by atoms with van der Waals surface area (Å²) in [6, 6.07) is 2.99. The second-order valence-corrected chi connectivity index (χ2v) is 3.60. The Morgan fingerprint density at radius 1 is 1.44 bits per heavy atom. The quantitative estimate of drug-likeness (QED) is 0.770. The van der Waals surface area contributed by atoms with Crippen LogP contribution in [0.4, 0.5) is 13.2 Å². The number of alkyl halides is 4. The van der Waals surface area contributed by atoms with Crippen LogP contribution in [0.2, 0.25) is 0 Å². The molecule has 0 saturated carbocycles. The molecule has 1 atom stereocenters. The third-order valence-electron chi connectivity index (χ3n) is 2.07. The van der Waals surface area contributed by atoms with Crippen molar-refractivity contribution in [3.8, 4) is 5.88 Å². The average Bonchev–Trinajstić information content (AvgIpc) is 2.16. The maximum atomic E-state index is 12.2. The lowest BCUT2D eigenvalue weighted by atomic mass is 10.2. The number of aryl methyl sites for hydroxylation is 1. The van der Waals surface area contributed by atoms with Gasteiger partial charge < -0.3 is 4.74 Å². The summed E-state index contributed by atoms with van der Waals surface area (Å²) in [5.41, 5.74) is 1.34. The molecular formula is C10H11ClF3NO. The van der Waals surface area contributed by atoms with Gasteiger partial charge in [-0.05, 0) is 19.4 Å². The van der Waals surface area contributed by atoms with Gasteiger partial charge in [-0.25, -0.2) is 4.98 Å². The molecule has 0 aromatic carbocycles. The molecule has 0 spiro atoms. The van der Waals surface area contributed by atoms with Crippen molar-refractivity contribution in [2.75, 3.05) is 0 Å². The van der Waals surface area contributed by atoms with Crippen molar-refractivity contribution < 1.29 is 17.9 Å². The summed E-state index contributed by atoms with van der Waals surface area (Å²) >= 11 is 5.60. The van der Waals surface area contributed by atoms with Gasteiger partial charge in [0.2, 0.25) is 5.88 Å². The van der Waals surface area contributed by atoms with E-state index in [1.54, 1.807) is 13.0 Å². The Bertz CT molecular complexity index is 368. The number of ether oxygens (including phenoxy) is 1. The van der Waals surface area contributed by atoms with Gasteiger partial charge in [-0.1, -0.05) is 6.07 Å². The summed E-state index contributed by atoms with van der Waals surface area (Å²) in [5.74, 6) is 0.227. The topological polar surface area (TPSA) is 22.1 Å². The Hall–Kier alpha value is -0.970. The minimum atomic E-state index is -4.39. The fourth-order valence-electron chi connectivity index (χ4n) is 1.02. The highest BCUT2D eigenvalue weighted by Gasteiger charge is 2.38. The van der Waals surface area contributed by atoms with Crippen LogP contribution in [0, 0.1) is 6.92 Å². The van der Waals surface area contributed by atoms with Crippen LogP contribution in [0.1, 0.15) is 18.2 Å². The maximum Gasteiger partial charge on any atom is 0.425 e. The summed E-state index contributed by atoms with van der Waals surface area (Å²) < 4.78 is 41.3. The SMILES string of the molecule is Cc1nc(OC(C)C(F)(F)F)ccc1CCl. The van der Waals surface area contributed by atoms with Crippen molar-refractivity contribution in [2.45, 2.75) is 32.0 Å². The molecule has 0 bridgehead atoms. The Morgan fingerprint density at radius 3 is 2.50 bits per heavy atom. The summed E-state index contributed by atoms with van der Waals surface area (Å²) in [5, 5.41) is 0. The molecule has 1 heterocycles. The molecule has 0 fully saturated rings. The molecule has 1 aromatic rings. The van der Waals surface area contributed by atoms with Gasteiger partial charge in [-0.3, -0.25) is 0 Å². The van der Waals surface area contributed by atoms with Crippen LogP contribution in [-0.2, 0) is 5.88 Å². The van der Waals surface area contributed by atoms with E-state index in [-0.39, 0.29) is 11.8 Å². The first-order valence-corrected chi connectivity index (χ1v) is 5.14. The molecule has 16 heavy (non-hydrogen) atoms. The number of pyridine rings is 1. The molecule has 1 unspecified atom stereocenters. The van der Waals surface area contributed by atoms with E-state index in [0.29, 0.717) is 5.69 Å². The Morgan fingerprint density at radius 2 is 2.06 bits per heavy atom. The van der Waals surface area contributed by atoms with Crippen LogP contribution >= 0.6 is 11.6 Å². The molecule has 1 aromatic heterocycles. The van der Waals surface area contributed by atoms with Crippen LogP contribution in [0.15, 0.2) is 12.1 Å². The standard InChI is InChI=1S/C10H11ClF3NO/c1-6-8(5-11)3-4-9(15-6)16-7(2)10(12,13)14/h3-4,7H,5H2,1-2H3. The Labute approximate surface area is 96.4 Å². The number of hydrogen-bond donors (Lipinski definition) is 0. The minimum absolute atomic E-state index is 0.0452. The number of nitrogens with zero attached hydrogens (tertiary/aromatic N) is 1. The van der Waals surface area contributed by atoms with E-state index in [1.807, 2.05) is 0 Å². The highest BCUT2D eigenvalue weighted by Crippen LogP contribution is 2.24. The summed E-state index contributed by atoms with van der Waals surface area (Å²) in [6.45, 7) is 2.61. The van der Waals surface area contributed by atoms with E-state index in [4.69, 9.17) is 11.6 Å². The van der Waals surface area contributed by atoms with E-state index in [0.717, 1.165) is 12.5 Å². The Kier molecular flexibility index (Phi) is 4.02. The molecule has 0 amide bonds. The lowest BCUT2D eigenvalue weighted by Crippen LogP contribution is -2.31. The highest BCUT2D eigenvalue weighted by molar-refractivity contribution is 6.17. The van der Waals surface area contributed by atoms with Gasteiger partial charge in [0, 0.05) is 17.6 Å². The fourth-order valence-corrected chi connectivity index (χ4v) is 1.30. The zero-order valence-corrected chi connectivity index (χ0v) is 9.56. The van der Waals surface area contributed by atoms with Gasteiger partial charge in [-0.2, -0.15) is 13.2 Å². The zero-order valence-electron chi connectivity index (χ0n) is 8.81. The molecule has 90 valence electrons. The van der Waals surface area contributed by atoms with Crippen molar-refractivity contribution in [3.05, 3.63) is 23.4 Å². The van der Waals surface area contributed by atoms with Crippen LogP contribution in [0.25, 0.3) is 0 Å². The molecule has 2 nitrogen and oxygen atoms in total. The van der Waals surface area contributed by atoms with Crippen molar-refractivity contribution in [3.63, 3.8) is 0 Å². The molecule has 6 heteroatoms. The smallest absolute Gasteiger partial charge is 0.425 e. The van der Waals surface area contributed by atoms with Gasteiger partial charge in [0.15, 0.2) is 6.10 Å². The van der Waals surface area contributed by atoms with Crippen molar-refractivity contribution in [1.82, 2.24) is 4.98 Å². The molecule has 0 aliphatic heterocycles. The lowest BCUT2D eigenvalue weighted by molar-refractivity contribution is -0.190. The highest BCUT2D eigenvalue weighted by atomic mass is 35.5. The fraction of sp³-hybridized carbons (Fsp3) is 0.500. The summed E-state index contributed by atoms with van der Waals surface area (Å²) in [4.78, 5) is 3.89. The molecule has 0 N–H and O–H groups in total. The molecule has 0 aliphatic rings. The van der Waals surface area contributed by atoms with Gasteiger partial charge in [0.05, 0.1) is 0 Å². The van der Waals surface area contributed by atoms with Crippen molar-refractivity contribution in [1.29, 1.82) is 0 Å². The zero-order chi connectivity index (χ0) is 12.3. The number of hydrogen-bond acceptors (Lipinski definition) is 2. The number of rotatable bonds is 3. The largest absolute Gasteiger partial charge is 0.465 e. The second kappa shape index (κ2) is 4.91. The monoisotopic (exact) mass is 253 g/mol. The molecule has 0 aliphatic carbocycles. The number of aromatic nitrogens is 1.